The van der Waals surface area contributed by atoms with Crippen LogP contribution in [0.3, 0.4) is 0 Å². The van der Waals surface area contributed by atoms with Crippen LogP contribution in [0, 0.1) is 0 Å². The van der Waals surface area contributed by atoms with Gasteiger partial charge in [0.2, 0.25) is 5.91 Å². The monoisotopic (exact) mass is 349 g/mol. The predicted octanol–water partition coefficient (Wildman–Crippen LogP) is 3.09. The van der Waals surface area contributed by atoms with Crippen LogP contribution in [-0.4, -0.2) is 33.3 Å². The van der Waals surface area contributed by atoms with Gasteiger partial charge >= 0.3 is 0 Å². The molecule has 0 saturated carbocycles. The maximum Gasteiger partial charge on any atom is 0.224 e. The van der Waals surface area contributed by atoms with E-state index in [0.29, 0.717) is 23.9 Å². The van der Waals surface area contributed by atoms with Gasteiger partial charge in [-0.15, -0.1) is 0 Å². The Labute approximate surface area is 146 Å². The highest BCUT2D eigenvalue weighted by Gasteiger charge is 2.09. The number of nitrogens with one attached hydrogen (secondary N) is 1. The molecular formula is C18H20ClNO4. The minimum atomic E-state index is -0.117. The fourth-order valence-electron chi connectivity index (χ4n) is 2.15. The van der Waals surface area contributed by atoms with Gasteiger partial charge in [-0.1, -0.05) is 11.6 Å². The van der Waals surface area contributed by atoms with Crippen molar-refractivity contribution in [2.45, 2.75) is 6.42 Å². The number of carbonyl (C=O) groups is 1. The second kappa shape index (κ2) is 9.03. The van der Waals surface area contributed by atoms with E-state index in [1.807, 2.05) is 24.3 Å². The van der Waals surface area contributed by atoms with Crippen LogP contribution in [0.25, 0.3) is 0 Å². The molecule has 0 aromatic heterocycles. The molecule has 0 unspecified atom stereocenters. The molecule has 0 bridgehead atoms. The van der Waals surface area contributed by atoms with Gasteiger partial charge in [0.1, 0.15) is 23.9 Å². The van der Waals surface area contributed by atoms with Gasteiger partial charge in [0.25, 0.3) is 0 Å². The third-order valence-corrected chi connectivity index (χ3v) is 3.58. The first-order valence-corrected chi connectivity index (χ1v) is 7.86. The second-order valence-corrected chi connectivity index (χ2v) is 5.44. The van der Waals surface area contributed by atoms with E-state index in [1.165, 1.54) is 0 Å². The Kier molecular flexibility index (Phi) is 6.75. The van der Waals surface area contributed by atoms with Crippen LogP contribution in [0.2, 0.25) is 5.02 Å². The van der Waals surface area contributed by atoms with Crippen molar-refractivity contribution in [1.82, 2.24) is 5.32 Å². The predicted molar refractivity (Wildman–Crippen MR) is 93.2 cm³/mol. The van der Waals surface area contributed by atoms with E-state index < -0.39 is 0 Å². The van der Waals surface area contributed by atoms with E-state index >= 15 is 0 Å². The maximum absolute atomic E-state index is 12.0. The minimum absolute atomic E-state index is 0.117. The number of halogens is 1. The van der Waals surface area contributed by atoms with Crippen molar-refractivity contribution in [3.63, 3.8) is 0 Å². The maximum atomic E-state index is 12.0. The molecule has 2 rings (SSSR count). The summed E-state index contributed by atoms with van der Waals surface area (Å²) in [5.74, 6) is 2.02. The van der Waals surface area contributed by atoms with Crippen LogP contribution < -0.4 is 19.5 Å². The van der Waals surface area contributed by atoms with E-state index in [9.17, 15) is 4.79 Å². The molecule has 0 aliphatic carbocycles. The number of ether oxygens (including phenoxy) is 3. The van der Waals surface area contributed by atoms with E-state index in [-0.39, 0.29) is 12.3 Å². The van der Waals surface area contributed by atoms with Gasteiger partial charge in [-0.3, -0.25) is 4.79 Å². The summed E-state index contributed by atoms with van der Waals surface area (Å²) in [6.07, 6.45) is 0.201. The van der Waals surface area contributed by atoms with Gasteiger partial charge < -0.3 is 19.5 Å². The van der Waals surface area contributed by atoms with Gasteiger partial charge in [-0.25, -0.2) is 0 Å². The molecule has 0 aliphatic rings. The van der Waals surface area contributed by atoms with Crippen LogP contribution in [0.15, 0.2) is 42.5 Å². The first kappa shape index (κ1) is 17.9. The van der Waals surface area contributed by atoms with Gasteiger partial charge in [0.05, 0.1) is 27.2 Å². The van der Waals surface area contributed by atoms with Gasteiger partial charge in [-0.05, 0) is 42.5 Å². The molecule has 128 valence electrons. The lowest BCUT2D eigenvalue weighted by atomic mass is 10.1. The number of amides is 1. The Morgan fingerprint density at radius 1 is 1.04 bits per heavy atom. The SMILES string of the molecule is COc1ccc(OCCNC(=O)Cc2cc(Cl)ccc2OC)cc1. The van der Waals surface area contributed by atoms with E-state index in [4.69, 9.17) is 25.8 Å². The van der Waals surface area contributed by atoms with Crippen LogP contribution >= 0.6 is 11.6 Å². The summed E-state index contributed by atoms with van der Waals surface area (Å²) >= 11 is 5.96. The van der Waals surface area contributed by atoms with Gasteiger partial charge in [0, 0.05) is 10.6 Å². The quantitative estimate of drug-likeness (QED) is 0.744. The topological polar surface area (TPSA) is 56.8 Å². The Morgan fingerprint density at radius 3 is 2.42 bits per heavy atom. The van der Waals surface area contributed by atoms with E-state index in [2.05, 4.69) is 5.32 Å². The standard InChI is InChI=1S/C18H20ClNO4/c1-22-15-4-6-16(7-5-15)24-10-9-20-18(21)12-13-11-14(19)3-8-17(13)23-2/h3-8,11H,9-10,12H2,1-2H3,(H,20,21). The molecule has 0 fully saturated rings. The van der Waals surface area contributed by atoms with Crippen molar-refractivity contribution in [3.8, 4) is 17.2 Å². The summed E-state index contributed by atoms with van der Waals surface area (Å²) in [5.41, 5.74) is 0.749. The summed E-state index contributed by atoms with van der Waals surface area (Å²) in [6, 6.07) is 12.5. The van der Waals surface area contributed by atoms with Crippen LogP contribution in [0.5, 0.6) is 17.2 Å². The van der Waals surface area contributed by atoms with Crippen LogP contribution in [0.1, 0.15) is 5.56 Å². The van der Waals surface area contributed by atoms with Crippen molar-refractivity contribution < 1.29 is 19.0 Å². The molecule has 24 heavy (non-hydrogen) atoms. The fraction of sp³-hybridized carbons (Fsp3) is 0.278. The van der Waals surface area contributed by atoms with Crippen molar-refractivity contribution >= 4 is 17.5 Å². The average molecular weight is 350 g/mol. The summed E-state index contributed by atoms with van der Waals surface area (Å²) in [6.45, 7) is 0.790. The molecule has 1 N–H and O–H groups in total. The molecule has 1 amide bonds. The number of hydrogen-bond acceptors (Lipinski definition) is 4. The molecule has 5 nitrogen and oxygen atoms in total. The van der Waals surface area contributed by atoms with Crippen molar-refractivity contribution in [1.29, 1.82) is 0 Å². The molecule has 0 heterocycles. The second-order valence-electron chi connectivity index (χ2n) is 5.01. The molecule has 6 heteroatoms. The lowest BCUT2D eigenvalue weighted by molar-refractivity contribution is -0.120. The highest BCUT2D eigenvalue weighted by molar-refractivity contribution is 6.30. The van der Waals surface area contributed by atoms with Crippen molar-refractivity contribution in [2.24, 2.45) is 0 Å². The smallest absolute Gasteiger partial charge is 0.224 e. The molecular weight excluding hydrogens is 330 g/mol. The number of carbonyl (C=O) groups excluding carboxylic acids is 1. The zero-order chi connectivity index (χ0) is 17.4. The number of rotatable bonds is 8. The molecule has 0 saturated heterocycles. The number of hydrogen-bond donors (Lipinski definition) is 1. The zero-order valence-corrected chi connectivity index (χ0v) is 14.4. The molecule has 2 aromatic carbocycles. The Bertz CT molecular complexity index is 673. The van der Waals surface area contributed by atoms with Crippen molar-refractivity contribution in [3.05, 3.63) is 53.1 Å². The number of benzene rings is 2. The third kappa shape index (κ3) is 5.35. The summed E-state index contributed by atoms with van der Waals surface area (Å²) in [5, 5.41) is 3.38. The molecule has 2 aromatic rings. The number of methoxy groups -OCH3 is 2. The van der Waals surface area contributed by atoms with Gasteiger partial charge in [0.15, 0.2) is 0 Å². The lowest BCUT2D eigenvalue weighted by Crippen LogP contribution is -2.29. The van der Waals surface area contributed by atoms with Crippen molar-refractivity contribution in [2.75, 3.05) is 27.4 Å². The Morgan fingerprint density at radius 2 is 1.75 bits per heavy atom. The van der Waals surface area contributed by atoms with E-state index in [0.717, 1.165) is 17.1 Å². The average Bonchev–Trinajstić information content (AvgIpc) is 2.59. The summed E-state index contributed by atoms with van der Waals surface area (Å²) < 4.78 is 15.9. The third-order valence-electron chi connectivity index (χ3n) is 3.35. The first-order chi connectivity index (χ1) is 11.6. The molecule has 0 aliphatic heterocycles. The largest absolute Gasteiger partial charge is 0.497 e. The Hall–Kier alpha value is -2.40. The summed E-state index contributed by atoms with van der Waals surface area (Å²) in [4.78, 5) is 12.0. The van der Waals surface area contributed by atoms with Crippen LogP contribution in [0.4, 0.5) is 0 Å². The minimum Gasteiger partial charge on any atom is -0.497 e. The van der Waals surface area contributed by atoms with Gasteiger partial charge in [-0.2, -0.15) is 0 Å². The fourth-order valence-corrected chi connectivity index (χ4v) is 2.35. The Balaban J connectivity index is 1.76. The highest BCUT2D eigenvalue weighted by atomic mass is 35.5. The molecule has 0 atom stereocenters. The summed E-state index contributed by atoms with van der Waals surface area (Å²) in [7, 11) is 3.17. The zero-order valence-electron chi connectivity index (χ0n) is 13.7. The van der Waals surface area contributed by atoms with Crippen LogP contribution in [-0.2, 0) is 11.2 Å². The lowest BCUT2D eigenvalue weighted by Gasteiger charge is -2.10. The molecule has 0 radical (unpaired) electrons. The van der Waals surface area contributed by atoms with E-state index in [1.54, 1.807) is 32.4 Å². The first-order valence-electron chi connectivity index (χ1n) is 7.48. The normalized spacial score (nSPS) is 10.1. The molecule has 0 spiro atoms. The highest BCUT2D eigenvalue weighted by Crippen LogP contribution is 2.23.